The summed E-state index contributed by atoms with van der Waals surface area (Å²) in [5.41, 5.74) is 0.208. The van der Waals surface area contributed by atoms with Gasteiger partial charge < -0.3 is 14.2 Å². The molecule has 1 saturated heterocycles. The average molecular weight is 277 g/mol. The van der Waals surface area contributed by atoms with Gasteiger partial charge >= 0.3 is 5.97 Å². The van der Waals surface area contributed by atoms with Crippen molar-refractivity contribution in [1.29, 1.82) is 0 Å². The zero-order valence-corrected chi connectivity index (χ0v) is 11.8. The Labute approximate surface area is 118 Å². The predicted octanol–water partition coefficient (Wildman–Crippen LogP) is 1.88. The molecular formula is C15H19NO4. The van der Waals surface area contributed by atoms with Gasteiger partial charge in [0.1, 0.15) is 6.61 Å². The predicted molar refractivity (Wildman–Crippen MR) is 71.5 cm³/mol. The molecule has 1 aliphatic carbocycles. The highest BCUT2D eigenvalue weighted by molar-refractivity contribution is 5.83. The van der Waals surface area contributed by atoms with Crippen LogP contribution in [-0.4, -0.2) is 36.4 Å². The van der Waals surface area contributed by atoms with Gasteiger partial charge in [-0.1, -0.05) is 13.0 Å². The van der Waals surface area contributed by atoms with E-state index < -0.39 is 5.60 Å². The van der Waals surface area contributed by atoms with Crippen LogP contribution in [0.4, 0.5) is 0 Å². The summed E-state index contributed by atoms with van der Waals surface area (Å²) < 4.78 is 16.3. The van der Waals surface area contributed by atoms with Crippen molar-refractivity contribution in [2.24, 2.45) is 5.41 Å². The van der Waals surface area contributed by atoms with Gasteiger partial charge in [-0.25, -0.2) is 9.78 Å². The molecule has 1 aromatic heterocycles. The minimum absolute atomic E-state index is 0.0339. The molecule has 108 valence electrons. The van der Waals surface area contributed by atoms with E-state index in [1.165, 1.54) is 0 Å². The number of aryl methyl sites for hydroxylation is 1. The van der Waals surface area contributed by atoms with Crippen LogP contribution >= 0.6 is 0 Å². The fourth-order valence-corrected chi connectivity index (χ4v) is 2.08. The Kier molecular flexibility index (Phi) is 3.17. The molecule has 0 aromatic carbocycles. The van der Waals surface area contributed by atoms with E-state index >= 15 is 0 Å². The highest BCUT2D eigenvalue weighted by Crippen LogP contribution is 2.41. The maximum absolute atomic E-state index is 12.2. The summed E-state index contributed by atoms with van der Waals surface area (Å²) in [6.45, 7) is 5.69. The molecule has 3 rings (SSSR count). The summed E-state index contributed by atoms with van der Waals surface area (Å²) in [7, 11) is 0. The Balaban J connectivity index is 1.57. The van der Waals surface area contributed by atoms with E-state index in [9.17, 15) is 4.79 Å². The van der Waals surface area contributed by atoms with Gasteiger partial charge in [0.15, 0.2) is 0 Å². The van der Waals surface area contributed by atoms with Gasteiger partial charge in [0.2, 0.25) is 11.5 Å². The van der Waals surface area contributed by atoms with Crippen LogP contribution in [0.2, 0.25) is 0 Å². The summed E-state index contributed by atoms with van der Waals surface area (Å²) in [4.78, 5) is 16.3. The molecule has 2 aliphatic rings. The van der Waals surface area contributed by atoms with Crippen LogP contribution in [0, 0.1) is 12.3 Å². The van der Waals surface area contributed by atoms with E-state index in [0.717, 1.165) is 5.56 Å². The van der Waals surface area contributed by atoms with Crippen LogP contribution < -0.4 is 4.74 Å². The highest BCUT2D eigenvalue weighted by atomic mass is 16.6. The molecular weight excluding hydrogens is 258 g/mol. The summed E-state index contributed by atoms with van der Waals surface area (Å²) in [5.74, 6) is 0.191. The van der Waals surface area contributed by atoms with Crippen molar-refractivity contribution in [3.8, 4) is 5.88 Å². The molecule has 0 unspecified atom stereocenters. The second-order valence-corrected chi connectivity index (χ2v) is 6.15. The minimum atomic E-state index is -0.816. The summed E-state index contributed by atoms with van der Waals surface area (Å²) in [5, 5.41) is 0. The number of carbonyl (C=O) groups excluding carboxylic acids is 1. The lowest BCUT2D eigenvalue weighted by atomic mass is 9.90. The normalized spacial score (nSPS) is 21.7. The van der Waals surface area contributed by atoms with E-state index in [2.05, 4.69) is 4.98 Å². The Morgan fingerprint density at radius 2 is 2.15 bits per heavy atom. The highest BCUT2D eigenvalue weighted by Gasteiger charge is 2.55. The number of pyridine rings is 1. The van der Waals surface area contributed by atoms with Crippen molar-refractivity contribution in [3.63, 3.8) is 0 Å². The van der Waals surface area contributed by atoms with Crippen LogP contribution in [0.1, 0.15) is 25.3 Å². The monoisotopic (exact) mass is 277 g/mol. The van der Waals surface area contributed by atoms with Gasteiger partial charge in [-0.05, 0) is 12.5 Å². The largest absolute Gasteiger partial charge is 0.462 e. The number of aromatic nitrogens is 1. The molecule has 1 saturated carbocycles. The van der Waals surface area contributed by atoms with Gasteiger partial charge in [0.25, 0.3) is 0 Å². The number of rotatable bonds is 5. The third-order valence-corrected chi connectivity index (χ3v) is 3.71. The van der Waals surface area contributed by atoms with E-state index in [1.807, 2.05) is 19.9 Å². The summed E-state index contributed by atoms with van der Waals surface area (Å²) in [6, 6.07) is 3.69. The van der Waals surface area contributed by atoms with E-state index in [4.69, 9.17) is 14.2 Å². The molecule has 2 heterocycles. The lowest BCUT2D eigenvalue weighted by molar-refractivity contribution is -0.173. The van der Waals surface area contributed by atoms with Crippen LogP contribution in [0.5, 0.6) is 5.88 Å². The Hall–Kier alpha value is -1.62. The zero-order valence-electron chi connectivity index (χ0n) is 11.8. The van der Waals surface area contributed by atoms with Crippen LogP contribution in [0.3, 0.4) is 0 Å². The van der Waals surface area contributed by atoms with Crippen LogP contribution in [0.25, 0.3) is 0 Å². The van der Waals surface area contributed by atoms with E-state index in [0.29, 0.717) is 38.5 Å². The second-order valence-electron chi connectivity index (χ2n) is 6.15. The molecule has 1 aromatic rings. The Morgan fingerprint density at radius 3 is 2.65 bits per heavy atom. The molecule has 0 N–H and O–H groups in total. The van der Waals surface area contributed by atoms with E-state index in [-0.39, 0.29) is 11.4 Å². The lowest BCUT2D eigenvalue weighted by Gasteiger charge is -2.37. The first-order chi connectivity index (χ1) is 9.51. The van der Waals surface area contributed by atoms with Crippen molar-refractivity contribution in [1.82, 2.24) is 4.98 Å². The van der Waals surface area contributed by atoms with Crippen molar-refractivity contribution < 1.29 is 19.0 Å². The summed E-state index contributed by atoms with van der Waals surface area (Å²) in [6.07, 6.45) is 3.10. The first-order valence-electron chi connectivity index (χ1n) is 6.88. The maximum Gasteiger partial charge on any atom is 0.350 e. The Morgan fingerprint density at radius 1 is 1.40 bits per heavy atom. The molecule has 20 heavy (non-hydrogen) atoms. The molecule has 5 heteroatoms. The first-order valence-corrected chi connectivity index (χ1v) is 6.88. The van der Waals surface area contributed by atoms with Crippen LogP contribution in [-0.2, 0) is 14.3 Å². The van der Waals surface area contributed by atoms with Crippen molar-refractivity contribution in [2.45, 2.75) is 32.3 Å². The van der Waals surface area contributed by atoms with Crippen LogP contribution in [0.15, 0.2) is 18.3 Å². The molecule has 5 nitrogen and oxygen atoms in total. The number of nitrogens with zero attached hydrogens (tertiary/aromatic N) is 1. The quantitative estimate of drug-likeness (QED) is 0.769. The Bertz CT molecular complexity index is 503. The fraction of sp³-hybridized carbons (Fsp3) is 0.600. The molecule has 0 radical (unpaired) electrons. The molecule has 0 amide bonds. The van der Waals surface area contributed by atoms with Gasteiger partial charge in [0.05, 0.1) is 13.2 Å². The maximum atomic E-state index is 12.2. The van der Waals surface area contributed by atoms with Crippen molar-refractivity contribution >= 4 is 5.97 Å². The van der Waals surface area contributed by atoms with Crippen molar-refractivity contribution in [3.05, 3.63) is 23.9 Å². The fourth-order valence-electron chi connectivity index (χ4n) is 2.08. The standard InChI is InChI=1S/C15H19NO4/c1-11-3-4-12(16-7-11)20-15(5-6-15)13(17)19-10-14(2)8-18-9-14/h3-4,7H,5-6,8-10H2,1-2H3. The summed E-state index contributed by atoms with van der Waals surface area (Å²) >= 11 is 0. The van der Waals surface area contributed by atoms with Gasteiger partial charge in [-0.2, -0.15) is 0 Å². The SMILES string of the molecule is Cc1ccc(OC2(C(=O)OCC3(C)COC3)CC2)nc1. The zero-order chi connectivity index (χ0) is 14.2. The number of ether oxygens (including phenoxy) is 3. The number of hydrogen-bond acceptors (Lipinski definition) is 5. The molecule has 0 spiro atoms. The number of esters is 1. The second kappa shape index (κ2) is 4.74. The molecule has 0 bridgehead atoms. The number of hydrogen-bond donors (Lipinski definition) is 0. The number of carbonyl (C=O) groups is 1. The molecule has 2 fully saturated rings. The smallest absolute Gasteiger partial charge is 0.350 e. The van der Waals surface area contributed by atoms with Gasteiger partial charge in [-0.3, -0.25) is 0 Å². The first kappa shape index (κ1) is 13.4. The topological polar surface area (TPSA) is 57.7 Å². The van der Waals surface area contributed by atoms with Gasteiger partial charge in [0, 0.05) is 30.5 Å². The third kappa shape index (κ3) is 2.63. The lowest BCUT2D eigenvalue weighted by Crippen LogP contribution is -2.45. The molecule has 1 aliphatic heterocycles. The third-order valence-electron chi connectivity index (χ3n) is 3.71. The average Bonchev–Trinajstić information content (AvgIpc) is 3.17. The minimum Gasteiger partial charge on any atom is -0.462 e. The van der Waals surface area contributed by atoms with E-state index in [1.54, 1.807) is 12.3 Å². The van der Waals surface area contributed by atoms with Crippen molar-refractivity contribution in [2.75, 3.05) is 19.8 Å². The molecule has 0 atom stereocenters. The van der Waals surface area contributed by atoms with Gasteiger partial charge in [-0.15, -0.1) is 0 Å².